The normalized spacial score (nSPS) is 17.1. The Labute approximate surface area is 114 Å². The first-order valence-electron chi connectivity index (χ1n) is 6.40. The summed E-state index contributed by atoms with van der Waals surface area (Å²) >= 11 is 0. The lowest BCUT2D eigenvalue weighted by molar-refractivity contribution is -0.180. The highest BCUT2D eigenvalue weighted by Gasteiger charge is 2.30. The molecule has 0 N–H and O–H groups in total. The van der Waals surface area contributed by atoms with E-state index in [1.807, 2.05) is 0 Å². The zero-order chi connectivity index (χ0) is 14.6. The second kappa shape index (κ2) is 6.37. The first-order chi connectivity index (χ1) is 9.47. The van der Waals surface area contributed by atoms with Gasteiger partial charge in [-0.25, -0.2) is 0 Å². The number of carbonyl (C=O) groups is 1. The van der Waals surface area contributed by atoms with Crippen molar-refractivity contribution >= 4 is 5.78 Å². The number of hydrogen-bond donors (Lipinski definition) is 0. The summed E-state index contributed by atoms with van der Waals surface area (Å²) in [5.41, 5.74) is -0.484. The third kappa shape index (κ3) is 4.05. The molecule has 110 valence electrons. The van der Waals surface area contributed by atoms with Crippen molar-refractivity contribution in [2.45, 2.75) is 31.7 Å². The second-order valence-electron chi connectivity index (χ2n) is 4.56. The van der Waals surface area contributed by atoms with E-state index in [1.165, 1.54) is 12.1 Å². The van der Waals surface area contributed by atoms with Gasteiger partial charge in [-0.3, -0.25) is 4.79 Å². The number of carbonyl (C=O) groups excluding carboxylic acids is 1. The monoisotopic (exact) mass is 288 g/mol. The van der Waals surface area contributed by atoms with Gasteiger partial charge >= 0.3 is 6.18 Å². The lowest BCUT2D eigenvalue weighted by Gasteiger charge is -2.22. The molecule has 20 heavy (non-hydrogen) atoms. The molecular formula is C14H15F3O3. The van der Waals surface area contributed by atoms with Gasteiger partial charge in [-0.1, -0.05) is 12.1 Å². The number of ketones is 1. The van der Waals surface area contributed by atoms with Gasteiger partial charge in [0.25, 0.3) is 0 Å². The van der Waals surface area contributed by atoms with Crippen LogP contribution in [-0.2, 0) is 15.7 Å². The third-order valence-electron chi connectivity index (χ3n) is 3.04. The summed E-state index contributed by atoms with van der Waals surface area (Å²) in [4.78, 5) is 11.9. The van der Waals surface area contributed by atoms with Gasteiger partial charge in [-0.2, -0.15) is 13.2 Å². The van der Waals surface area contributed by atoms with Crippen molar-refractivity contribution in [2.75, 3.05) is 13.2 Å². The molecule has 1 aliphatic rings. The lowest BCUT2D eigenvalue weighted by atomic mass is 10.0. The Hall–Kier alpha value is -1.40. The molecule has 0 bridgehead atoms. The molecule has 6 heteroatoms. The van der Waals surface area contributed by atoms with Crippen LogP contribution in [0.4, 0.5) is 13.2 Å². The Morgan fingerprint density at radius 3 is 2.30 bits per heavy atom. The van der Waals surface area contributed by atoms with Crippen molar-refractivity contribution in [3.05, 3.63) is 35.4 Å². The summed E-state index contributed by atoms with van der Waals surface area (Å²) in [5.74, 6) is -0.212. The lowest BCUT2D eigenvalue weighted by Crippen LogP contribution is -2.25. The predicted octanol–water partition coefficient (Wildman–Crippen LogP) is 3.43. The van der Waals surface area contributed by atoms with Crippen LogP contribution in [0.25, 0.3) is 0 Å². The van der Waals surface area contributed by atoms with Crippen molar-refractivity contribution in [3.63, 3.8) is 0 Å². The van der Waals surface area contributed by atoms with Crippen molar-refractivity contribution in [2.24, 2.45) is 0 Å². The summed E-state index contributed by atoms with van der Waals surface area (Å²) in [5, 5.41) is 0. The maximum Gasteiger partial charge on any atom is 0.416 e. The van der Waals surface area contributed by atoms with Gasteiger partial charge in [0.05, 0.1) is 18.8 Å². The van der Waals surface area contributed by atoms with Crippen LogP contribution < -0.4 is 0 Å². The standard InChI is InChI=1S/C14H15F3O3/c15-14(16,17)11-4-2-10(3-5-11)12(18)6-7-13-19-8-1-9-20-13/h2-5,13H,1,6-9H2. The van der Waals surface area contributed by atoms with E-state index < -0.39 is 11.7 Å². The smallest absolute Gasteiger partial charge is 0.353 e. The van der Waals surface area contributed by atoms with Crippen LogP contribution >= 0.6 is 0 Å². The van der Waals surface area contributed by atoms with Crippen LogP contribution in [0.1, 0.15) is 35.2 Å². The van der Waals surface area contributed by atoms with E-state index in [0.29, 0.717) is 19.6 Å². The zero-order valence-corrected chi connectivity index (χ0v) is 10.8. The first kappa shape index (κ1) is 15.0. The molecule has 0 atom stereocenters. The van der Waals surface area contributed by atoms with Crippen LogP contribution in [-0.4, -0.2) is 25.3 Å². The molecule has 2 rings (SSSR count). The van der Waals surface area contributed by atoms with Crippen molar-refractivity contribution in [1.82, 2.24) is 0 Å². The van der Waals surface area contributed by atoms with E-state index in [4.69, 9.17) is 9.47 Å². The summed E-state index contributed by atoms with van der Waals surface area (Å²) in [6.45, 7) is 1.22. The topological polar surface area (TPSA) is 35.5 Å². The molecule has 1 aromatic rings. The number of benzene rings is 1. The van der Waals surface area contributed by atoms with Crippen molar-refractivity contribution < 1.29 is 27.4 Å². The molecule has 0 spiro atoms. The van der Waals surface area contributed by atoms with Gasteiger partial charge in [0.2, 0.25) is 0 Å². The molecule has 0 saturated carbocycles. The SMILES string of the molecule is O=C(CCC1OCCCO1)c1ccc(C(F)(F)F)cc1. The van der Waals surface area contributed by atoms with E-state index in [1.54, 1.807) is 0 Å². The molecule has 0 amide bonds. The number of halogens is 3. The number of Topliss-reactive ketones (excluding diaryl/α,β-unsaturated/α-hetero) is 1. The van der Waals surface area contributed by atoms with E-state index >= 15 is 0 Å². The third-order valence-corrected chi connectivity index (χ3v) is 3.04. The number of alkyl halides is 3. The highest BCUT2D eigenvalue weighted by molar-refractivity contribution is 5.96. The quantitative estimate of drug-likeness (QED) is 0.796. The van der Waals surface area contributed by atoms with Crippen LogP contribution in [0.5, 0.6) is 0 Å². The first-order valence-corrected chi connectivity index (χ1v) is 6.40. The van der Waals surface area contributed by atoms with E-state index in [2.05, 4.69) is 0 Å². The Morgan fingerprint density at radius 1 is 1.15 bits per heavy atom. The molecule has 1 saturated heterocycles. The average molecular weight is 288 g/mol. The van der Waals surface area contributed by atoms with Crippen molar-refractivity contribution in [1.29, 1.82) is 0 Å². The molecule has 0 radical (unpaired) electrons. The maximum atomic E-state index is 12.4. The number of hydrogen-bond acceptors (Lipinski definition) is 3. The molecule has 1 aliphatic heterocycles. The van der Waals surface area contributed by atoms with E-state index in [-0.39, 0.29) is 24.1 Å². The van der Waals surface area contributed by atoms with Crippen LogP contribution in [0.15, 0.2) is 24.3 Å². The largest absolute Gasteiger partial charge is 0.416 e. The Bertz CT molecular complexity index is 448. The molecular weight excluding hydrogens is 273 g/mol. The molecule has 1 fully saturated rings. The van der Waals surface area contributed by atoms with Crippen LogP contribution in [0, 0.1) is 0 Å². The molecule has 1 heterocycles. The minimum atomic E-state index is -4.38. The average Bonchev–Trinajstić information content (AvgIpc) is 2.45. The highest BCUT2D eigenvalue weighted by Crippen LogP contribution is 2.29. The number of ether oxygens (including phenoxy) is 2. The maximum absolute atomic E-state index is 12.4. The van der Waals surface area contributed by atoms with Crippen molar-refractivity contribution in [3.8, 4) is 0 Å². The van der Waals surface area contributed by atoms with Gasteiger partial charge in [-0.05, 0) is 18.6 Å². The Kier molecular flexibility index (Phi) is 4.77. The fraction of sp³-hybridized carbons (Fsp3) is 0.500. The fourth-order valence-electron chi connectivity index (χ4n) is 1.94. The minimum Gasteiger partial charge on any atom is -0.353 e. The van der Waals surface area contributed by atoms with E-state index in [0.717, 1.165) is 18.6 Å². The number of rotatable bonds is 4. The predicted molar refractivity (Wildman–Crippen MR) is 65.3 cm³/mol. The summed E-state index contributed by atoms with van der Waals surface area (Å²) in [6, 6.07) is 4.24. The Morgan fingerprint density at radius 2 is 1.75 bits per heavy atom. The van der Waals surface area contributed by atoms with Crippen LogP contribution in [0.3, 0.4) is 0 Å². The summed E-state index contributed by atoms with van der Waals surface area (Å²) < 4.78 is 47.8. The van der Waals surface area contributed by atoms with Gasteiger partial charge in [0, 0.05) is 18.4 Å². The minimum absolute atomic E-state index is 0.191. The summed E-state index contributed by atoms with van der Waals surface area (Å²) in [7, 11) is 0. The van der Waals surface area contributed by atoms with Gasteiger partial charge in [0.1, 0.15) is 0 Å². The zero-order valence-electron chi connectivity index (χ0n) is 10.8. The molecule has 3 nitrogen and oxygen atoms in total. The fourth-order valence-corrected chi connectivity index (χ4v) is 1.94. The van der Waals surface area contributed by atoms with E-state index in [9.17, 15) is 18.0 Å². The van der Waals surface area contributed by atoms with Crippen LogP contribution in [0.2, 0.25) is 0 Å². The Balaban J connectivity index is 1.89. The van der Waals surface area contributed by atoms with Gasteiger partial charge in [0.15, 0.2) is 12.1 Å². The molecule has 0 aromatic heterocycles. The second-order valence-corrected chi connectivity index (χ2v) is 4.56. The molecule has 0 aliphatic carbocycles. The summed E-state index contributed by atoms with van der Waals surface area (Å²) in [6.07, 6.45) is -3.33. The molecule has 0 unspecified atom stereocenters. The van der Waals surface area contributed by atoms with Gasteiger partial charge < -0.3 is 9.47 Å². The highest BCUT2D eigenvalue weighted by atomic mass is 19.4. The van der Waals surface area contributed by atoms with Gasteiger partial charge in [-0.15, -0.1) is 0 Å². The molecule has 1 aromatic carbocycles.